The molecule has 1 aliphatic rings. The molecule has 0 amide bonds. The van der Waals surface area contributed by atoms with Crippen molar-refractivity contribution in [3.05, 3.63) is 0 Å². The summed E-state index contributed by atoms with van der Waals surface area (Å²) < 4.78 is 5.85. The Bertz CT molecular complexity index is 175. The van der Waals surface area contributed by atoms with Crippen LogP contribution in [0.25, 0.3) is 0 Å². The molecule has 90 valence electrons. The van der Waals surface area contributed by atoms with Crippen molar-refractivity contribution < 1.29 is 4.74 Å². The van der Waals surface area contributed by atoms with Crippen molar-refractivity contribution in [1.82, 2.24) is 5.32 Å². The molecule has 1 saturated heterocycles. The predicted octanol–water partition coefficient (Wildman–Crippen LogP) is 2.97. The molecule has 0 bridgehead atoms. The van der Waals surface area contributed by atoms with Crippen molar-refractivity contribution in [2.45, 2.75) is 65.0 Å². The van der Waals surface area contributed by atoms with E-state index >= 15 is 0 Å². The van der Waals surface area contributed by atoms with E-state index in [1.54, 1.807) is 0 Å². The highest BCUT2D eigenvalue weighted by Crippen LogP contribution is 2.29. The van der Waals surface area contributed by atoms with Gasteiger partial charge in [0.15, 0.2) is 0 Å². The number of hydrogen-bond donors (Lipinski definition) is 1. The van der Waals surface area contributed by atoms with E-state index in [-0.39, 0.29) is 5.54 Å². The normalized spacial score (nSPS) is 25.8. The molecular weight excluding hydrogens is 186 g/mol. The second-order valence-electron chi connectivity index (χ2n) is 5.44. The fourth-order valence-electron chi connectivity index (χ4n) is 2.66. The molecule has 2 unspecified atom stereocenters. The van der Waals surface area contributed by atoms with Gasteiger partial charge in [0.05, 0.1) is 6.10 Å². The Kier molecular flexibility index (Phi) is 5.07. The molecule has 1 rings (SSSR count). The maximum atomic E-state index is 5.85. The third kappa shape index (κ3) is 3.76. The molecular formula is C13H27NO. The Hall–Kier alpha value is -0.0800. The molecule has 2 atom stereocenters. The van der Waals surface area contributed by atoms with Crippen molar-refractivity contribution >= 4 is 0 Å². The van der Waals surface area contributed by atoms with Crippen LogP contribution in [0.15, 0.2) is 0 Å². The van der Waals surface area contributed by atoms with Gasteiger partial charge in [0, 0.05) is 12.1 Å². The van der Waals surface area contributed by atoms with Gasteiger partial charge in [0.25, 0.3) is 0 Å². The van der Waals surface area contributed by atoms with Gasteiger partial charge in [0.2, 0.25) is 0 Å². The van der Waals surface area contributed by atoms with Gasteiger partial charge in [-0.2, -0.15) is 0 Å². The molecule has 1 N–H and O–H groups in total. The minimum absolute atomic E-state index is 0.181. The average molecular weight is 213 g/mol. The summed E-state index contributed by atoms with van der Waals surface area (Å²) in [7, 11) is 0. The highest BCUT2D eigenvalue weighted by molar-refractivity contribution is 4.94. The molecule has 0 spiro atoms. The van der Waals surface area contributed by atoms with Gasteiger partial charge in [0.1, 0.15) is 0 Å². The minimum Gasteiger partial charge on any atom is -0.376 e. The maximum absolute atomic E-state index is 5.85. The van der Waals surface area contributed by atoms with E-state index in [1.807, 2.05) is 0 Å². The summed E-state index contributed by atoms with van der Waals surface area (Å²) in [4.78, 5) is 0. The van der Waals surface area contributed by atoms with E-state index in [4.69, 9.17) is 4.74 Å². The van der Waals surface area contributed by atoms with Gasteiger partial charge in [-0.05, 0) is 45.1 Å². The first-order chi connectivity index (χ1) is 7.08. The summed E-state index contributed by atoms with van der Waals surface area (Å²) in [5.41, 5.74) is 0.181. The van der Waals surface area contributed by atoms with E-state index in [0.717, 1.165) is 19.1 Å². The number of nitrogens with one attached hydrogen (secondary N) is 1. The molecule has 0 aliphatic carbocycles. The van der Waals surface area contributed by atoms with E-state index in [0.29, 0.717) is 6.10 Å². The van der Waals surface area contributed by atoms with Crippen LogP contribution in [-0.4, -0.2) is 24.8 Å². The molecule has 0 saturated carbocycles. The van der Waals surface area contributed by atoms with Gasteiger partial charge >= 0.3 is 0 Å². The molecule has 2 nitrogen and oxygen atoms in total. The van der Waals surface area contributed by atoms with E-state index < -0.39 is 0 Å². The first-order valence-corrected chi connectivity index (χ1v) is 6.45. The van der Waals surface area contributed by atoms with Gasteiger partial charge in [-0.1, -0.05) is 20.8 Å². The number of ether oxygens (including phenoxy) is 1. The van der Waals surface area contributed by atoms with Crippen molar-refractivity contribution in [2.75, 3.05) is 13.2 Å². The van der Waals surface area contributed by atoms with Crippen LogP contribution < -0.4 is 5.32 Å². The lowest BCUT2D eigenvalue weighted by molar-refractivity contribution is 0.0258. The quantitative estimate of drug-likeness (QED) is 0.732. The molecule has 1 heterocycles. The summed E-state index contributed by atoms with van der Waals surface area (Å²) in [6.07, 6.45) is 5.27. The smallest absolute Gasteiger partial charge is 0.0754 e. The van der Waals surface area contributed by atoms with Gasteiger partial charge < -0.3 is 10.1 Å². The largest absolute Gasteiger partial charge is 0.376 e. The number of hydrogen-bond acceptors (Lipinski definition) is 2. The third-order valence-electron chi connectivity index (χ3n) is 3.25. The summed E-state index contributed by atoms with van der Waals surface area (Å²) in [6, 6.07) is 0. The topological polar surface area (TPSA) is 21.3 Å². The Balaban J connectivity index is 2.56. The molecule has 0 radical (unpaired) electrons. The van der Waals surface area contributed by atoms with Crippen LogP contribution in [0.5, 0.6) is 0 Å². The Labute approximate surface area is 94.8 Å². The van der Waals surface area contributed by atoms with Crippen molar-refractivity contribution in [1.29, 1.82) is 0 Å². The highest BCUT2D eigenvalue weighted by Gasteiger charge is 2.36. The zero-order valence-corrected chi connectivity index (χ0v) is 10.8. The molecule has 1 aliphatic heterocycles. The molecule has 1 fully saturated rings. The fourth-order valence-corrected chi connectivity index (χ4v) is 2.66. The summed E-state index contributed by atoms with van der Waals surface area (Å²) in [5, 5.41) is 3.69. The monoisotopic (exact) mass is 213 g/mol. The van der Waals surface area contributed by atoms with E-state index in [2.05, 4.69) is 33.0 Å². The molecule has 15 heavy (non-hydrogen) atoms. The first-order valence-electron chi connectivity index (χ1n) is 6.45. The zero-order valence-electron chi connectivity index (χ0n) is 10.8. The minimum atomic E-state index is 0.181. The highest BCUT2D eigenvalue weighted by atomic mass is 16.5. The standard InChI is InChI=1S/C13H27NO/c1-5-8-14-13(4,10-11(2)3)12-7-6-9-15-12/h11-12,14H,5-10H2,1-4H3. The van der Waals surface area contributed by atoms with Gasteiger partial charge in [-0.25, -0.2) is 0 Å². The van der Waals surface area contributed by atoms with Crippen molar-refractivity contribution in [3.8, 4) is 0 Å². The van der Waals surface area contributed by atoms with Crippen LogP contribution in [0.2, 0.25) is 0 Å². The van der Waals surface area contributed by atoms with Crippen LogP contribution in [0, 0.1) is 5.92 Å². The molecule has 0 aromatic carbocycles. The van der Waals surface area contributed by atoms with Crippen LogP contribution in [0.3, 0.4) is 0 Å². The molecule has 0 aromatic heterocycles. The third-order valence-corrected chi connectivity index (χ3v) is 3.25. The first kappa shape index (κ1) is 13.0. The molecule has 2 heteroatoms. The van der Waals surface area contributed by atoms with Crippen molar-refractivity contribution in [2.24, 2.45) is 5.92 Å². The Morgan fingerprint density at radius 1 is 1.47 bits per heavy atom. The maximum Gasteiger partial charge on any atom is 0.0754 e. The van der Waals surface area contributed by atoms with Crippen LogP contribution in [0.1, 0.15) is 53.4 Å². The average Bonchev–Trinajstić information content (AvgIpc) is 2.66. The summed E-state index contributed by atoms with van der Waals surface area (Å²) >= 11 is 0. The zero-order chi connectivity index (χ0) is 11.3. The fraction of sp³-hybridized carbons (Fsp3) is 1.00. The number of rotatable bonds is 6. The molecule has 0 aromatic rings. The predicted molar refractivity (Wildman–Crippen MR) is 65.1 cm³/mol. The van der Waals surface area contributed by atoms with Crippen LogP contribution >= 0.6 is 0 Å². The SMILES string of the molecule is CCCNC(C)(CC(C)C)C1CCCO1. The Morgan fingerprint density at radius 3 is 2.67 bits per heavy atom. The van der Waals surface area contributed by atoms with Gasteiger partial charge in [-0.15, -0.1) is 0 Å². The lowest BCUT2D eigenvalue weighted by atomic mass is 9.84. The van der Waals surface area contributed by atoms with Crippen LogP contribution in [0.4, 0.5) is 0 Å². The van der Waals surface area contributed by atoms with Crippen LogP contribution in [-0.2, 0) is 4.74 Å². The van der Waals surface area contributed by atoms with Gasteiger partial charge in [-0.3, -0.25) is 0 Å². The summed E-state index contributed by atoms with van der Waals surface area (Å²) in [6.45, 7) is 11.2. The Morgan fingerprint density at radius 2 is 2.20 bits per heavy atom. The lowest BCUT2D eigenvalue weighted by Gasteiger charge is -2.37. The summed E-state index contributed by atoms with van der Waals surface area (Å²) in [5.74, 6) is 0.726. The van der Waals surface area contributed by atoms with E-state index in [1.165, 1.54) is 25.7 Å². The second kappa shape index (κ2) is 5.86. The lowest BCUT2D eigenvalue weighted by Crippen LogP contribution is -2.52. The second-order valence-corrected chi connectivity index (χ2v) is 5.44. The van der Waals surface area contributed by atoms with Crippen molar-refractivity contribution in [3.63, 3.8) is 0 Å². The van der Waals surface area contributed by atoms with E-state index in [9.17, 15) is 0 Å².